The van der Waals surface area contributed by atoms with E-state index in [2.05, 4.69) is 10.3 Å². The van der Waals surface area contributed by atoms with E-state index in [0.717, 1.165) is 4.90 Å². The standard InChI is InChI=1S/C32H31F5N4O5/c1-14-15(2)40(3)30(43)26(38-14)20-7-6-16(19-5-4-8-46-27(19)20)10-24(31(44)45)39-29(42)25-22(33)11-18(12-23(25)34)41-13-17-9-21(17)28(41)32(35,36)37/h6-7,11-12,17,21,24,28H,4-5,8-10,13H2,1-3H3,(H,39,42)(H,44,45)/t17-,21-,24+,28-/m1/s1. The van der Waals surface area contributed by atoms with Crippen LogP contribution in [0.1, 0.15) is 45.7 Å². The van der Waals surface area contributed by atoms with Gasteiger partial charge in [0.2, 0.25) is 0 Å². The van der Waals surface area contributed by atoms with Crippen molar-refractivity contribution in [2.45, 2.75) is 57.8 Å². The molecule has 3 aromatic rings. The third-order valence-electron chi connectivity index (χ3n) is 9.34. The van der Waals surface area contributed by atoms with Crippen molar-refractivity contribution in [2.75, 3.05) is 18.1 Å². The number of hydrogen-bond acceptors (Lipinski definition) is 6. The van der Waals surface area contributed by atoms with Crippen LogP contribution < -0.4 is 20.5 Å². The summed E-state index contributed by atoms with van der Waals surface area (Å²) in [6.07, 6.45) is -3.41. The quantitative estimate of drug-likeness (QED) is 0.364. The van der Waals surface area contributed by atoms with Gasteiger partial charge in [-0.1, -0.05) is 6.07 Å². The molecule has 2 N–H and O–H groups in total. The molecule has 1 saturated heterocycles. The number of carbonyl (C=O) groups excluding carboxylic acids is 1. The Bertz CT molecular complexity index is 1800. The molecule has 0 spiro atoms. The number of ether oxygens (including phenoxy) is 1. The van der Waals surface area contributed by atoms with Gasteiger partial charge in [-0.25, -0.2) is 18.6 Å². The molecular formula is C32H31F5N4O5. The van der Waals surface area contributed by atoms with Crippen LogP contribution in [0.4, 0.5) is 27.6 Å². The van der Waals surface area contributed by atoms with Gasteiger partial charge in [0.05, 0.1) is 12.3 Å². The molecule has 2 aliphatic heterocycles. The number of anilines is 1. The van der Waals surface area contributed by atoms with Crippen molar-refractivity contribution in [3.05, 3.63) is 74.3 Å². The summed E-state index contributed by atoms with van der Waals surface area (Å²) in [4.78, 5) is 43.7. The second-order valence-corrected chi connectivity index (χ2v) is 12.2. The molecule has 3 aliphatic rings. The average Bonchev–Trinajstić information content (AvgIpc) is 3.64. The van der Waals surface area contributed by atoms with Gasteiger partial charge in [-0.05, 0) is 74.3 Å². The first-order valence-corrected chi connectivity index (χ1v) is 14.9. The summed E-state index contributed by atoms with van der Waals surface area (Å²) < 4.78 is 78.8. The largest absolute Gasteiger partial charge is 0.493 e. The van der Waals surface area contributed by atoms with E-state index < -0.39 is 53.3 Å². The summed E-state index contributed by atoms with van der Waals surface area (Å²) in [6.45, 7) is 3.88. The topological polar surface area (TPSA) is 114 Å². The lowest BCUT2D eigenvalue weighted by molar-refractivity contribution is -0.150. The van der Waals surface area contributed by atoms with Crippen LogP contribution in [0.2, 0.25) is 0 Å². The van der Waals surface area contributed by atoms with Crippen molar-refractivity contribution in [3.63, 3.8) is 0 Å². The van der Waals surface area contributed by atoms with Crippen LogP contribution >= 0.6 is 0 Å². The van der Waals surface area contributed by atoms with E-state index in [0.29, 0.717) is 71.8 Å². The van der Waals surface area contributed by atoms with Gasteiger partial charge in [0.15, 0.2) is 0 Å². The van der Waals surface area contributed by atoms with E-state index in [1.165, 1.54) is 4.57 Å². The third kappa shape index (κ3) is 5.47. The van der Waals surface area contributed by atoms with Gasteiger partial charge in [0.1, 0.15) is 40.7 Å². The van der Waals surface area contributed by atoms with Gasteiger partial charge in [-0.3, -0.25) is 9.59 Å². The number of fused-ring (bicyclic) bond motifs is 2. The minimum atomic E-state index is -4.60. The van der Waals surface area contributed by atoms with Crippen molar-refractivity contribution in [3.8, 4) is 17.0 Å². The molecule has 1 saturated carbocycles. The number of carboxylic acids is 1. The number of nitrogens with zero attached hydrogens (tertiary/aromatic N) is 3. The lowest BCUT2D eigenvalue weighted by atomic mass is 9.91. The van der Waals surface area contributed by atoms with E-state index in [1.807, 2.05) is 0 Å². The number of piperidine rings is 1. The summed E-state index contributed by atoms with van der Waals surface area (Å²) >= 11 is 0. The SMILES string of the molecule is Cc1nc(-c2ccc(C[C@H](NC(=O)c3c(F)cc(N4C[C@H]5C[C@H]5[C@@H]4C(F)(F)F)cc3F)C(=O)O)c3c2OCCC3)c(=O)n(C)c1C. The van der Waals surface area contributed by atoms with Gasteiger partial charge in [0.25, 0.3) is 11.5 Å². The zero-order valence-corrected chi connectivity index (χ0v) is 25.2. The van der Waals surface area contributed by atoms with Crippen LogP contribution in [0.15, 0.2) is 29.1 Å². The van der Waals surface area contributed by atoms with Crippen molar-refractivity contribution in [2.24, 2.45) is 18.9 Å². The highest BCUT2D eigenvalue weighted by atomic mass is 19.4. The first-order chi connectivity index (χ1) is 21.7. The fourth-order valence-corrected chi connectivity index (χ4v) is 6.68. The number of carboxylic acid groups (broad SMARTS) is 1. The number of nitrogens with one attached hydrogen (secondary N) is 1. The summed E-state index contributed by atoms with van der Waals surface area (Å²) in [6, 6.07) is 1.05. The molecule has 0 bridgehead atoms. The predicted molar refractivity (Wildman–Crippen MR) is 156 cm³/mol. The Morgan fingerprint density at radius 3 is 2.52 bits per heavy atom. The van der Waals surface area contributed by atoms with Crippen molar-refractivity contribution >= 4 is 17.6 Å². The molecule has 9 nitrogen and oxygen atoms in total. The highest BCUT2D eigenvalue weighted by Gasteiger charge is 2.62. The van der Waals surface area contributed by atoms with Gasteiger partial charge < -0.3 is 24.6 Å². The fraction of sp³-hybridized carbons (Fsp3) is 0.438. The molecule has 3 heterocycles. The summed E-state index contributed by atoms with van der Waals surface area (Å²) in [5.74, 6) is -6.14. The van der Waals surface area contributed by atoms with Crippen LogP contribution in [-0.4, -0.2) is 57.9 Å². The van der Waals surface area contributed by atoms with Crippen LogP contribution in [0.5, 0.6) is 5.75 Å². The Balaban J connectivity index is 1.27. The molecule has 1 amide bonds. The molecular weight excluding hydrogens is 615 g/mol. The number of carbonyl (C=O) groups is 2. The van der Waals surface area contributed by atoms with E-state index >= 15 is 8.78 Å². The maximum absolute atomic E-state index is 15.2. The number of aliphatic carboxylic acids is 1. The highest BCUT2D eigenvalue weighted by Crippen LogP contribution is 2.55. The minimum absolute atomic E-state index is 0.0126. The number of benzene rings is 2. The monoisotopic (exact) mass is 646 g/mol. The summed E-state index contributed by atoms with van der Waals surface area (Å²) in [5, 5.41) is 12.1. The normalized spacial score (nSPS) is 20.9. The first-order valence-electron chi connectivity index (χ1n) is 14.9. The van der Waals surface area contributed by atoms with Crippen LogP contribution in [0, 0.1) is 37.3 Å². The second-order valence-electron chi connectivity index (χ2n) is 12.2. The number of alkyl halides is 3. The zero-order valence-electron chi connectivity index (χ0n) is 25.2. The van der Waals surface area contributed by atoms with E-state index in [-0.39, 0.29) is 35.8 Å². The van der Waals surface area contributed by atoms with E-state index in [9.17, 15) is 32.7 Å². The molecule has 46 heavy (non-hydrogen) atoms. The number of hydrogen-bond donors (Lipinski definition) is 2. The number of aryl methyl sites for hydroxylation is 1. The lowest BCUT2D eigenvalue weighted by Crippen LogP contribution is -2.45. The Kier molecular flexibility index (Phi) is 7.80. The first kappa shape index (κ1) is 31.5. The molecule has 2 aromatic carbocycles. The third-order valence-corrected chi connectivity index (χ3v) is 9.34. The number of amides is 1. The maximum Gasteiger partial charge on any atom is 0.409 e. The molecule has 6 rings (SSSR count). The summed E-state index contributed by atoms with van der Waals surface area (Å²) in [5.41, 5.74) is 1.27. The Morgan fingerprint density at radius 2 is 1.87 bits per heavy atom. The van der Waals surface area contributed by atoms with Crippen molar-refractivity contribution < 1.29 is 41.4 Å². The Hall–Kier alpha value is -4.49. The number of aromatic nitrogens is 2. The van der Waals surface area contributed by atoms with Crippen LogP contribution in [0.25, 0.3) is 11.3 Å². The van der Waals surface area contributed by atoms with Crippen LogP contribution in [0.3, 0.4) is 0 Å². The predicted octanol–water partition coefficient (Wildman–Crippen LogP) is 4.48. The van der Waals surface area contributed by atoms with Gasteiger partial charge in [-0.15, -0.1) is 0 Å². The van der Waals surface area contributed by atoms with Crippen molar-refractivity contribution in [1.29, 1.82) is 0 Å². The maximum atomic E-state index is 15.2. The number of rotatable bonds is 7. The van der Waals surface area contributed by atoms with Gasteiger partial charge in [-0.2, -0.15) is 13.2 Å². The molecule has 0 radical (unpaired) electrons. The Labute approximate surface area is 260 Å². The molecule has 2 fully saturated rings. The van der Waals surface area contributed by atoms with E-state index in [4.69, 9.17) is 4.74 Å². The summed E-state index contributed by atoms with van der Waals surface area (Å²) in [7, 11) is 1.63. The minimum Gasteiger partial charge on any atom is -0.493 e. The molecule has 1 aromatic heterocycles. The number of halogens is 5. The van der Waals surface area contributed by atoms with E-state index in [1.54, 1.807) is 33.0 Å². The second kappa shape index (κ2) is 11.4. The fourth-order valence-electron chi connectivity index (χ4n) is 6.68. The molecule has 14 heteroatoms. The average molecular weight is 647 g/mol. The highest BCUT2D eigenvalue weighted by molar-refractivity contribution is 5.97. The van der Waals surface area contributed by atoms with Gasteiger partial charge in [0, 0.05) is 37.0 Å². The molecule has 1 aliphatic carbocycles. The van der Waals surface area contributed by atoms with Crippen LogP contribution in [-0.2, 0) is 24.7 Å². The Morgan fingerprint density at radius 1 is 1.17 bits per heavy atom. The lowest BCUT2D eigenvalue weighted by Gasteiger charge is -2.31. The van der Waals surface area contributed by atoms with Crippen molar-refractivity contribution in [1.82, 2.24) is 14.9 Å². The zero-order chi connectivity index (χ0) is 33.2. The molecule has 4 atom stereocenters. The molecule has 244 valence electrons. The van der Waals surface area contributed by atoms with Gasteiger partial charge >= 0.3 is 12.1 Å². The molecule has 0 unspecified atom stereocenters. The smallest absolute Gasteiger partial charge is 0.409 e.